The number of anilines is 1. The van der Waals surface area contributed by atoms with Crippen molar-refractivity contribution in [2.24, 2.45) is 17.8 Å². The van der Waals surface area contributed by atoms with Gasteiger partial charge in [0.25, 0.3) is 5.91 Å². The van der Waals surface area contributed by atoms with Crippen LogP contribution in [-0.4, -0.2) is 52.6 Å². The van der Waals surface area contributed by atoms with E-state index in [1.807, 2.05) is 37.3 Å². The first-order valence-corrected chi connectivity index (χ1v) is 16.7. The Bertz CT molecular complexity index is 1440. The zero-order valence-electron chi connectivity index (χ0n) is 23.1. The molecule has 2 aromatic carbocycles. The van der Waals surface area contributed by atoms with Gasteiger partial charge in [0, 0.05) is 44.6 Å². The van der Waals surface area contributed by atoms with E-state index in [-0.39, 0.29) is 28.9 Å². The lowest BCUT2D eigenvalue weighted by molar-refractivity contribution is 0.0456. The van der Waals surface area contributed by atoms with Gasteiger partial charge >= 0.3 is 0 Å². The van der Waals surface area contributed by atoms with E-state index in [0.717, 1.165) is 61.7 Å². The molecular formula is C32H39ClN2O4S. The smallest absolute Gasteiger partial charge is 0.262 e. The van der Waals surface area contributed by atoms with Crippen molar-refractivity contribution in [3.63, 3.8) is 0 Å². The number of nitrogens with one attached hydrogen (secondary N) is 1. The van der Waals surface area contributed by atoms with Crippen LogP contribution in [0.25, 0.3) is 0 Å². The lowest BCUT2D eigenvalue weighted by Gasteiger charge is -2.45. The normalized spacial score (nSPS) is 34.9. The molecule has 214 valence electrons. The second-order valence-electron chi connectivity index (χ2n) is 12.5. The fraction of sp³-hybridized carbons (Fsp3) is 0.500. The molecule has 1 fully saturated rings. The number of carbonyl (C=O) groups is 1. The van der Waals surface area contributed by atoms with Gasteiger partial charge in [-0.25, -0.2) is 4.21 Å². The van der Waals surface area contributed by atoms with Crippen LogP contribution < -0.4 is 14.4 Å². The molecule has 6 nitrogen and oxygen atoms in total. The van der Waals surface area contributed by atoms with E-state index >= 15 is 0 Å². The summed E-state index contributed by atoms with van der Waals surface area (Å²) in [5.41, 5.74) is 3.68. The van der Waals surface area contributed by atoms with Gasteiger partial charge < -0.3 is 14.7 Å². The molecule has 2 aliphatic carbocycles. The molecule has 6 atom stereocenters. The van der Waals surface area contributed by atoms with Crippen LogP contribution in [-0.2, 0) is 21.5 Å². The third-order valence-corrected chi connectivity index (χ3v) is 11.3. The fourth-order valence-electron chi connectivity index (χ4n) is 7.20. The Labute approximate surface area is 242 Å². The summed E-state index contributed by atoms with van der Waals surface area (Å²) in [5.74, 6) is 5.07. The van der Waals surface area contributed by atoms with E-state index in [9.17, 15) is 14.1 Å². The van der Waals surface area contributed by atoms with Gasteiger partial charge in [0.05, 0.1) is 18.4 Å². The van der Waals surface area contributed by atoms with Crippen molar-refractivity contribution in [3.8, 4) is 5.75 Å². The summed E-state index contributed by atoms with van der Waals surface area (Å²) in [6.45, 7) is 4.05. The Kier molecular flexibility index (Phi) is 7.43. The van der Waals surface area contributed by atoms with E-state index < -0.39 is 15.8 Å². The number of carbonyl (C=O) groups excluding carboxylic acids is 1. The average Bonchev–Trinajstić information content (AvgIpc) is 3.02. The van der Waals surface area contributed by atoms with Crippen molar-refractivity contribution in [2.45, 2.75) is 57.0 Å². The molecule has 40 heavy (non-hydrogen) atoms. The topological polar surface area (TPSA) is 78.9 Å². The third kappa shape index (κ3) is 5.40. The molecule has 6 rings (SSSR count). The van der Waals surface area contributed by atoms with Gasteiger partial charge in [-0.2, -0.15) is 0 Å². The van der Waals surface area contributed by atoms with Crippen LogP contribution in [0.15, 0.2) is 48.6 Å². The number of allylic oxidation sites excluding steroid dienone is 1. The molecule has 2 aromatic rings. The number of aryl methyl sites for hydroxylation is 1. The Morgan fingerprint density at radius 2 is 2.08 bits per heavy atom. The van der Waals surface area contributed by atoms with E-state index in [2.05, 4.69) is 27.6 Å². The van der Waals surface area contributed by atoms with Gasteiger partial charge in [0.15, 0.2) is 0 Å². The van der Waals surface area contributed by atoms with Crippen LogP contribution in [0.1, 0.15) is 60.5 Å². The van der Waals surface area contributed by atoms with Crippen molar-refractivity contribution >= 4 is 38.8 Å². The minimum absolute atomic E-state index is 0.0548. The molecule has 2 heterocycles. The van der Waals surface area contributed by atoms with Crippen molar-refractivity contribution < 1.29 is 18.8 Å². The van der Waals surface area contributed by atoms with Crippen LogP contribution in [0.3, 0.4) is 0 Å². The quantitative estimate of drug-likeness (QED) is 0.331. The van der Waals surface area contributed by atoms with Crippen molar-refractivity contribution in [3.05, 3.63) is 70.3 Å². The van der Waals surface area contributed by atoms with Crippen LogP contribution in [0.5, 0.6) is 5.75 Å². The molecule has 0 aromatic heterocycles. The summed E-state index contributed by atoms with van der Waals surface area (Å²) in [7, 11) is -2.83. The summed E-state index contributed by atoms with van der Waals surface area (Å²) in [4.78, 5) is 15.7. The zero-order valence-corrected chi connectivity index (χ0v) is 24.7. The number of hydrogen-bond acceptors (Lipinski definition) is 5. The molecule has 2 N–H and O–H groups in total. The first-order chi connectivity index (χ1) is 19.1. The van der Waals surface area contributed by atoms with Gasteiger partial charge in [-0.05, 0) is 104 Å². The van der Waals surface area contributed by atoms with Crippen LogP contribution >= 0.6 is 11.6 Å². The third-order valence-electron chi connectivity index (χ3n) is 9.37. The highest BCUT2D eigenvalue weighted by atomic mass is 35.5. The number of benzene rings is 2. The van der Waals surface area contributed by atoms with Crippen LogP contribution in [0.4, 0.5) is 5.69 Å². The van der Waals surface area contributed by atoms with E-state index in [4.69, 9.17) is 16.3 Å². The molecule has 4 aliphatic rings. The minimum atomic E-state index is -2.83. The number of fused-ring (bicyclic) bond motifs is 4. The van der Waals surface area contributed by atoms with E-state index in [1.54, 1.807) is 6.07 Å². The van der Waals surface area contributed by atoms with E-state index in [0.29, 0.717) is 24.5 Å². The highest BCUT2D eigenvalue weighted by molar-refractivity contribution is 7.99. The van der Waals surface area contributed by atoms with Crippen LogP contribution in [0.2, 0.25) is 5.02 Å². The number of aliphatic hydroxyl groups is 1. The largest absolute Gasteiger partial charge is 0.490 e. The number of halogens is 1. The second-order valence-corrected chi connectivity index (χ2v) is 15.1. The summed E-state index contributed by atoms with van der Waals surface area (Å²) >= 11 is 6.39. The molecule has 2 bridgehead atoms. The zero-order chi connectivity index (χ0) is 28.1. The number of nitrogens with zero attached hydrogens (tertiary/aromatic N) is 1. The molecule has 2 aliphatic heterocycles. The van der Waals surface area contributed by atoms with Crippen molar-refractivity contribution in [2.75, 3.05) is 30.3 Å². The Morgan fingerprint density at radius 3 is 2.88 bits per heavy atom. The maximum atomic E-state index is 13.3. The summed E-state index contributed by atoms with van der Waals surface area (Å²) in [5, 5.41) is 11.8. The predicted octanol–water partition coefficient (Wildman–Crippen LogP) is 5.16. The monoisotopic (exact) mass is 582 g/mol. The second kappa shape index (κ2) is 10.7. The van der Waals surface area contributed by atoms with Gasteiger partial charge in [-0.15, -0.1) is 0 Å². The van der Waals surface area contributed by atoms with Gasteiger partial charge in [0.1, 0.15) is 5.75 Å². The molecule has 0 saturated heterocycles. The molecule has 1 amide bonds. The fourth-order valence-corrected chi connectivity index (χ4v) is 8.99. The highest BCUT2D eigenvalue weighted by Crippen LogP contribution is 2.46. The summed E-state index contributed by atoms with van der Waals surface area (Å²) in [6.07, 6.45) is 9.17. The minimum Gasteiger partial charge on any atom is -0.490 e. The summed E-state index contributed by atoms with van der Waals surface area (Å²) in [6, 6.07) is 11.7. The SMILES string of the molecule is C=S1(=O)C[C@@H](C)C/C=C/[C@@H](O)[C@@H]2CC[C@H]2CN2C[C@@]3(CCCc4cc(Cl)ccc43)COc3ccc(cc32)C(=O)N1. The number of ether oxygens (including phenoxy) is 1. The van der Waals surface area contributed by atoms with E-state index in [1.165, 1.54) is 11.1 Å². The van der Waals surface area contributed by atoms with Crippen molar-refractivity contribution in [1.29, 1.82) is 0 Å². The first kappa shape index (κ1) is 27.7. The lowest BCUT2D eigenvalue weighted by Crippen LogP contribution is -2.49. The maximum absolute atomic E-state index is 13.3. The lowest BCUT2D eigenvalue weighted by atomic mass is 9.68. The Balaban J connectivity index is 1.42. The molecular weight excluding hydrogens is 544 g/mol. The maximum Gasteiger partial charge on any atom is 0.262 e. The highest BCUT2D eigenvalue weighted by Gasteiger charge is 2.44. The van der Waals surface area contributed by atoms with Crippen molar-refractivity contribution in [1.82, 2.24) is 4.72 Å². The molecule has 1 saturated carbocycles. The summed E-state index contributed by atoms with van der Waals surface area (Å²) < 4.78 is 22.5. The number of amides is 1. The Hall–Kier alpha value is -2.48. The standard InChI is InChI=1S/C32H39ClN2O4S/c1-21-5-3-7-29(36)26-11-8-24(26)17-35-19-32(14-4-6-22-15-25(33)10-12-27(22)32)20-39-30-13-9-23(16-28(30)35)31(37)34-40(2,38)18-21/h3,7,9-10,12-13,15-16,21,24,26,29,36H,2,4-6,8,11,14,17-20H2,1H3,(H,34,37,38)/b7-3+/t21-,24-,26+,29+,32-,40?/m0/s1. The molecule has 1 unspecified atom stereocenters. The first-order valence-electron chi connectivity index (χ1n) is 14.4. The number of rotatable bonds is 0. The number of hydrogen-bond donors (Lipinski definition) is 2. The van der Waals surface area contributed by atoms with Gasteiger partial charge in [-0.3, -0.25) is 9.52 Å². The molecule has 8 heteroatoms. The van der Waals surface area contributed by atoms with Crippen LogP contribution in [0, 0.1) is 17.8 Å². The van der Waals surface area contributed by atoms with Gasteiger partial charge in [0.2, 0.25) is 0 Å². The number of aliphatic hydroxyl groups excluding tert-OH is 1. The average molecular weight is 583 g/mol. The predicted molar refractivity (Wildman–Crippen MR) is 163 cm³/mol. The Morgan fingerprint density at radius 1 is 1.23 bits per heavy atom. The van der Waals surface area contributed by atoms with Gasteiger partial charge in [-0.1, -0.05) is 36.7 Å². The molecule has 0 radical (unpaired) electrons. The molecule has 1 spiro atoms.